The molecule has 0 atom stereocenters. The maximum atomic E-state index is 11.2. The van der Waals surface area contributed by atoms with E-state index in [4.69, 9.17) is 0 Å². The Hall–Kier alpha value is -0.370. The van der Waals surface area contributed by atoms with E-state index in [1.54, 1.807) is 6.08 Å². The van der Waals surface area contributed by atoms with E-state index >= 15 is 0 Å². The van der Waals surface area contributed by atoms with Gasteiger partial charge in [-0.15, -0.1) is 6.58 Å². The lowest BCUT2D eigenvalue weighted by molar-refractivity contribution is 0.475. The zero-order chi connectivity index (χ0) is 5.54. The molecule has 0 saturated heterocycles. The molecule has 0 amide bonds. The maximum Gasteiger partial charge on any atom is 0.102 e. The average Bonchev–Trinajstić information content (AvgIpc) is 1.69. The van der Waals surface area contributed by atoms with Crippen LogP contribution in [0.1, 0.15) is 0 Å². The van der Waals surface area contributed by atoms with E-state index in [0.29, 0.717) is 13.1 Å². The molecule has 0 unspecified atom stereocenters. The summed E-state index contributed by atoms with van der Waals surface area (Å²) in [6.45, 7) is 4.28. The van der Waals surface area contributed by atoms with Crippen LogP contribution in [0.2, 0.25) is 0 Å². The first-order valence-corrected chi connectivity index (χ1v) is 2.29. The lowest BCUT2D eigenvalue weighted by Gasteiger charge is -1.91. The molecular weight excluding hydrogens is 93.1 g/mol. The highest BCUT2D eigenvalue weighted by Gasteiger charge is 1.76. The van der Waals surface area contributed by atoms with Gasteiger partial charge in [-0.2, -0.15) is 0 Å². The highest BCUT2D eigenvalue weighted by atomic mass is 19.1. The molecule has 0 aromatic carbocycles. The van der Waals surface area contributed by atoms with Crippen LogP contribution in [0, 0.1) is 0 Å². The third kappa shape index (κ3) is 5.63. The minimum absolute atomic E-state index is 0.298. The molecule has 2 heteroatoms. The highest BCUT2D eigenvalue weighted by molar-refractivity contribution is 4.68. The molecule has 0 spiro atoms. The number of hydrogen-bond acceptors (Lipinski definition) is 1. The number of rotatable bonds is 4. The molecule has 0 rings (SSSR count). The molecule has 1 N–H and O–H groups in total. The van der Waals surface area contributed by atoms with Crippen LogP contribution in [-0.4, -0.2) is 19.8 Å². The van der Waals surface area contributed by atoms with Crippen molar-refractivity contribution in [2.75, 3.05) is 19.8 Å². The number of nitrogens with one attached hydrogen (secondary N) is 1. The van der Waals surface area contributed by atoms with Crippen LogP contribution in [0.15, 0.2) is 12.7 Å². The Morgan fingerprint density at radius 1 is 1.71 bits per heavy atom. The van der Waals surface area contributed by atoms with Crippen LogP contribution >= 0.6 is 0 Å². The first-order chi connectivity index (χ1) is 3.41. The molecule has 0 saturated carbocycles. The summed E-state index contributed by atoms with van der Waals surface area (Å²) >= 11 is 0. The molecular formula is C5H10FN. The fourth-order valence-electron chi connectivity index (χ4n) is 0.271. The average molecular weight is 103 g/mol. The Morgan fingerprint density at radius 3 is 2.86 bits per heavy atom. The van der Waals surface area contributed by atoms with E-state index in [-0.39, 0.29) is 6.67 Å². The fourth-order valence-corrected chi connectivity index (χ4v) is 0.271. The van der Waals surface area contributed by atoms with Gasteiger partial charge in [0.15, 0.2) is 0 Å². The Morgan fingerprint density at radius 2 is 2.43 bits per heavy atom. The standard InChI is InChI=1S/C5H10FN/c1-2-4-7-5-3-6/h2,7H,1,3-5H2. The topological polar surface area (TPSA) is 12.0 Å². The van der Waals surface area contributed by atoms with Gasteiger partial charge >= 0.3 is 0 Å². The molecule has 0 heterocycles. The predicted octanol–water partition coefficient (Wildman–Crippen LogP) is 0.732. The van der Waals surface area contributed by atoms with E-state index in [9.17, 15) is 4.39 Å². The van der Waals surface area contributed by atoms with Crippen molar-refractivity contribution in [3.63, 3.8) is 0 Å². The van der Waals surface area contributed by atoms with Gasteiger partial charge in [-0.3, -0.25) is 0 Å². The van der Waals surface area contributed by atoms with Gasteiger partial charge in [0.25, 0.3) is 0 Å². The third-order valence-corrected chi connectivity index (χ3v) is 0.560. The van der Waals surface area contributed by atoms with Crippen molar-refractivity contribution < 1.29 is 4.39 Å². The van der Waals surface area contributed by atoms with Gasteiger partial charge in [0.05, 0.1) is 0 Å². The zero-order valence-electron chi connectivity index (χ0n) is 4.28. The van der Waals surface area contributed by atoms with Crippen LogP contribution in [0.5, 0.6) is 0 Å². The Balaban J connectivity index is 2.56. The first-order valence-electron chi connectivity index (χ1n) is 2.29. The molecule has 0 bridgehead atoms. The molecule has 0 aliphatic heterocycles. The Bertz CT molecular complexity index is 45.3. The minimum atomic E-state index is -0.298. The van der Waals surface area contributed by atoms with E-state index < -0.39 is 0 Å². The van der Waals surface area contributed by atoms with E-state index in [1.807, 2.05) is 0 Å². The maximum absolute atomic E-state index is 11.2. The molecule has 0 fully saturated rings. The van der Waals surface area contributed by atoms with Gasteiger partial charge in [-0.25, -0.2) is 4.39 Å². The summed E-state index contributed by atoms with van der Waals surface area (Å²) in [6.07, 6.45) is 1.70. The van der Waals surface area contributed by atoms with Gasteiger partial charge < -0.3 is 5.32 Å². The second-order valence-corrected chi connectivity index (χ2v) is 1.18. The SMILES string of the molecule is C=CCNCCF. The Kier molecular flexibility index (Phi) is 5.33. The summed E-state index contributed by atoms with van der Waals surface area (Å²) in [7, 11) is 0. The van der Waals surface area contributed by atoms with Gasteiger partial charge in [0.2, 0.25) is 0 Å². The van der Waals surface area contributed by atoms with Crippen molar-refractivity contribution in [1.82, 2.24) is 5.32 Å². The zero-order valence-corrected chi connectivity index (χ0v) is 4.28. The summed E-state index contributed by atoms with van der Waals surface area (Å²) < 4.78 is 11.2. The number of halogens is 1. The van der Waals surface area contributed by atoms with Crippen molar-refractivity contribution in [2.24, 2.45) is 0 Å². The van der Waals surface area contributed by atoms with Gasteiger partial charge in [0, 0.05) is 13.1 Å². The Labute approximate surface area is 43.2 Å². The van der Waals surface area contributed by atoms with Crippen molar-refractivity contribution >= 4 is 0 Å². The third-order valence-electron chi connectivity index (χ3n) is 0.560. The van der Waals surface area contributed by atoms with Crippen molar-refractivity contribution in [3.8, 4) is 0 Å². The van der Waals surface area contributed by atoms with Crippen molar-refractivity contribution in [3.05, 3.63) is 12.7 Å². The molecule has 7 heavy (non-hydrogen) atoms. The first kappa shape index (κ1) is 6.63. The van der Waals surface area contributed by atoms with E-state index in [0.717, 1.165) is 0 Å². The summed E-state index contributed by atoms with van der Waals surface area (Å²) in [5.74, 6) is 0. The molecule has 42 valence electrons. The normalized spacial score (nSPS) is 8.71. The number of alkyl halides is 1. The smallest absolute Gasteiger partial charge is 0.102 e. The van der Waals surface area contributed by atoms with Crippen LogP contribution in [-0.2, 0) is 0 Å². The quantitative estimate of drug-likeness (QED) is 0.408. The summed E-state index contributed by atoms with van der Waals surface area (Å²) in [5, 5.41) is 2.79. The molecule has 0 aromatic heterocycles. The predicted molar refractivity (Wildman–Crippen MR) is 29.0 cm³/mol. The minimum Gasteiger partial charge on any atom is -0.311 e. The molecule has 1 nitrogen and oxygen atoms in total. The molecule has 0 aromatic rings. The van der Waals surface area contributed by atoms with Gasteiger partial charge in [0.1, 0.15) is 6.67 Å². The summed E-state index contributed by atoms with van der Waals surface area (Å²) in [4.78, 5) is 0. The van der Waals surface area contributed by atoms with Gasteiger partial charge in [-0.1, -0.05) is 6.08 Å². The summed E-state index contributed by atoms with van der Waals surface area (Å²) in [6, 6.07) is 0. The molecule has 0 radical (unpaired) electrons. The van der Waals surface area contributed by atoms with Gasteiger partial charge in [-0.05, 0) is 0 Å². The molecule has 0 aliphatic carbocycles. The molecule has 0 aliphatic rings. The second kappa shape index (κ2) is 5.63. The highest BCUT2D eigenvalue weighted by Crippen LogP contribution is 1.62. The lowest BCUT2D eigenvalue weighted by atomic mass is 10.6. The van der Waals surface area contributed by atoms with E-state index in [2.05, 4.69) is 11.9 Å². The van der Waals surface area contributed by atoms with Crippen LogP contribution in [0.25, 0.3) is 0 Å². The van der Waals surface area contributed by atoms with Crippen LogP contribution in [0.3, 0.4) is 0 Å². The lowest BCUT2D eigenvalue weighted by Crippen LogP contribution is -2.15. The monoisotopic (exact) mass is 103 g/mol. The largest absolute Gasteiger partial charge is 0.311 e. The van der Waals surface area contributed by atoms with Crippen molar-refractivity contribution in [2.45, 2.75) is 0 Å². The van der Waals surface area contributed by atoms with Crippen LogP contribution < -0.4 is 5.32 Å². The number of hydrogen-bond donors (Lipinski definition) is 1. The van der Waals surface area contributed by atoms with Crippen molar-refractivity contribution in [1.29, 1.82) is 0 Å². The fraction of sp³-hybridized carbons (Fsp3) is 0.600. The van der Waals surface area contributed by atoms with Crippen LogP contribution in [0.4, 0.5) is 4.39 Å². The second-order valence-electron chi connectivity index (χ2n) is 1.18. The summed E-state index contributed by atoms with van der Waals surface area (Å²) in [5.41, 5.74) is 0. The van der Waals surface area contributed by atoms with E-state index in [1.165, 1.54) is 0 Å².